The molecule has 0 amide bonds. The minimum Gasteiger partial charge on any atom is -0.379 e. The van der Waals surface area contributed by atoms with Crippen LogP contribution in [0.15, 0.2) is 36.7 Å². The van der Waals surface area contributed by atoms with Crippen molar-refractivity contribution in [1.29, 1.82) is 0 Å². The Labute approximate surface area is 128 Å². The Morgan fingerprint density at radius 3 is 2.77 bits per heavy atom. The molecule has 0 saturated carbocycles. The lowest BCUT2D eigenvalue weighted by Gasteiger charge is -2.26. The maximum Gasteiger partial charge on any atom is 0.235 e. The Hall–Kier alpha value is -2.18. The molecule has 1 aliphatic heterocycles. The van der Waals surface area contributed by atoms with Crippen LogP contribution in [0.3, 0.4) is 0 Å². The molecule has 6 nitrogen and oxygen atoms in total. The first-order chi connectivity index (χ1) is 10.7. The summed E-state index contributed by atoms with van der Waals surface area (Å²) in [5, 5.41) is 11.6. The van der Waals surface area contributed by atoms with E-state index in [0.29, 0.717) is 0 Å². The first kappa shape index (κ1) is 14.7. The van der Waals surface area contributed by atoms with E-state index in [1.165, 1.54) is 0 Å². The number of hydrogen-bond acceptors (Lipinski definition) is 4. The maximum absolute atomic E-state index is 10.5. The van der Waals surface area contributed by atoms with Crippen LogP contribution in [0.1, 0.15) is 5.56 Å². The Balaban J connectivity index is 1.81. The topological polar surface area (TPSA) is 60.5 Å². The van der Waals surface area contributed by atoms with Crippen molar-refractivity contribution < 1.29 is 9.66 Å². The van der Waals surface area contributed by atoms with E-state index in [9.17, 15) is 10.1 Å². The van der Waals surface area contributed by atoms with E-state index in [0.717, 1.165) is 62.1 Å². The molecule has 3 rings (SSSR count). The Kier molecular flexibility index (Phi) is 4.50. The number of fused-ring (bicyclic) bond motifs is 1. The fourth-order valence-corrected chi connectivity index (χ4v) is 2.81. The summed E-state index contributed by atoms with van der Waals surface area (Å²) < 4.78 is 7.53. The van der Waals surface area contributed by atoms with Gasteiger partial charge in [-0.15, -0.1) is 0 Å². The number of benzene rings is 1. The summed E-state index contributed by atoms with van der Waals surface area (Å²) in [6.07, 6.45) is 4.55. The predicted octanol–water partition coefficient (Wildman–Crippen LogP) is 2.22. The second-order valence-electron chi connectivity index (χ2n) is 5.35. The number of para-hydroxylation sites is 1. The number of nitrogens with zero attached hydrogens (tertiary/aromatic N) is 3. The zero-order valence-electron chi connectivity index (χ0n) is 12.4. The number of morpholine rings is 1. The van der Waals surface area contributed by atoms with Crippen molar-refractivity contribution in [3.63, 3.8) is 0 Å². The molecule has 0 unspecified atom stereocenters. The monoisotopic (exact) mass is 301 g/mol. The molecule has 6 heteroatoms. The number of aromatic nitrogens is 1. The van der Waals surface area contributed by atoms with Crippen LogP contribution in [-0.2, 0) is 11.3 Å². The SMILES string of the molecule is O=[N+]([O-])C=Cc1cn(CCN2CCOCC2)c2ccccc12. The van der Waals surface area contributed by atoms with Crippen molar-refractivity contribution in [3.8, 4) is 0 Å². The fraction of sp³-hybridized carbons (Fsp3) is 0.375. The van der Waals surface area contributed by atoms with Crippen LogP contribution in [0.4, 0.5) is 0 Å². The van der Waals surface area contributed by atoms with Crippen molar-refractivity contribution in [2.24, 2.45) is 0 Å². The van der Waals surface area contributed by atoms with Gasteiger partial charge in [0.25, 0.3) is 0 Å². The molecule has 2 heterocycles. The van der Waals surface area contributed by atoms with Gasteiger partial charge in [0.2, 0.25) is 6.20 Å². The highest BCUT2D eigenvalue weighted by molar-refractivity contribution is 5.89. The molecule has 2 aromatic rings. The highest BCUT2D eigenvalue weighted by atomic mass is 16.6. The van der Waals surface area contributed by atoms with Crippen LogP contribution in [0.5, 0.6) is 0 Å². The van der Waals surface area contributed by atoms with Gasteiger partial charge in [-0.1, -0.05) is 18.2 Å². The number of ether oxygens (including phenoxy) is 1. The predicted molar refractivity (Wildman–Crippen MR) is 85.2 cm³/mol. The average Bonchev–Trinajstić information content (AvgIpc) is 2.90. The molecule has 1 aromatic carbocycles. The van der Waals surface area contributed by atoms with Crippen LogP contribution in [-0.4, -0.2) is 47.2 Å². The van der Waals surface area contributed by atoms with Gasteiger partial charge in [0.15, 0.2) is 0 Å². The molecule has 0 atom stereocenters. The van der Waals surface area contributed by atoms with Gasteiger partial charge in [-0.25, -0.2) is 0 Å². The third kappa shape index (κ3) is 3.35. The van der Waals surface area contributed by atoms with Crippen molar-refractivity contribution in [2.75, 3.05) is 32.8 Å². The van der Waals surface area contributed by atoms with E-state index in [4.69, 9.17) is 4.74 Å². The molecule has 0 spiro atoms. The summed E-state index contributed by atoms with van der Waals surface area (Å²) in [5.74, 6) is 0. The highest BCUT2D eigenvalue weighted by Crippen LogP contribution is 2.22. The van der Waals surface area contributed by atoms with Crippen molar-refractivity contribution in [1.82, 2.24) is 9.47 Å². The van der Waals surface area contributed by atoms with E-state index >= 15 is 0 Å². The van der Waals surface area contributed by atoms with Gasteiger partial charge in [-0.2, -0.15) is 0 Å². The van der Waals surface area contributed by atoms with E-state index in [1.54, 1.807) is 6.08 Å². The van der Waals surface area contributed by atoms with Crippen LogP contribution in [0.2, 0.25) is 0 Å². The third-order valence-corrected chi connectivity index (χ3v) is 3.96. The first-order valence-electron chi connectivity index (χ1n) is 7.44. The minimum atomic E-state index is -0.431. The van der Waals surface area contributed by atoms with Gasteiger partial charge >= 0.3 is 0 Å². The van der Waals surface area contributed by atoms with Crippen LogP contribution in [0, 0.1) is 10.1 Å². The van der Waals surface area contributed by atoms with Crippen LogP contribution < -0.4 is 0 Å². The molecule has 1 aliphatic rings. The Morgan fingerprint density at radius 1 is 1.23 bits per heavy atom. The molecular formula is C16H19N3O3. The first-order valence-corrected chi connectivity index (χ1v) is 7.44. The Bertz CT molecular complexity index is 687. The van der Waals surface area contributed by atoms with Gasteiger partial charge in [-0.05, 0) is 6.07 Å². The summed E-state index contributed by atoms with van der Waals surface area (Å²) in [6.45, 7) is 5.35. The van der Waals surface area contributed by atoms with Gasteiger partial charge in [0, 0.05) is 54.9 Å². The third-order valence-electron chi connectivity index (χ3n) is 3.96. The van der Waals surface area contributed by atoms with Crippen LogP contribution >= 0.6 is 0 Å². The number of hydrogen-bond donors (Lipinski definition) is 0. The van der Waals surface area contributed by atoms with Crippen LogP contribution in [0.25, 0.3) is 17.0 Å². The zero-order chi connectivity index (χ0) is 15.4. The van der Waals surface area contributed by atoms with Crippen molar-refractivity contribution in [3.05, 3.63) is 52.3 Å². The molecule has 1 saturated heterocycles. The molecule has 0 bridgehead atoms. The molecule has 0 N–H and O–H groups in total. The van der Waals surface area contributed by atoms with Gasteiger partial charge in [0.1, 0.15) is 0 Å². The maximum atomic E-state index is 10.5. The standard InChI is InChI=1S/C16H19N3O3/c20-19(21)6-5-14-13-18(16-4-2-1-3-15(14)16)8-7-17-9-11-22-12-10-17/h1-6,13H,7-12H2. The van der Waals surface area contributed by atoms with E-state index in [-0.39, 0.29) is 0 Å². The quantitative estimate of drug-likeness (QED) is 0.627. The summed E-state index contributed by atoms with van der Waals surface area (Å²) in [7, 11) is 0. The van der Waals surface area contributed by atoms with Crippen molar-refractivity contribution >= 4 is 17.0 Å². The number of nitro groups is 1. The molecule has 1 fully saturated rings. The summed E-state index contributed by atoms with van der Waals surface area (Å²) in [4.78, 5) is 12.5. The molecule has 22 heavy (non-hydrogen) atoms. The molecule has 1 aromatic heterocycles. The van der Waals surface area contributed by atoms with E-state index in [2.05, 4.69) is 15.5 Å². The minimum absolute atomic E-state index is 0.431. The second-order valence-corrected chi connectivity index (χ2v) is 5.35. The molecule has 116 valence electrons. The second kappa shape index (κ2) is 6.72. The molecule has 0 aliphatic carbocycles. The van der Waals surface area contributed by atoms with E-state index in [1.807, 2.05) is 24.4 Å². The fourth-order valence-electron chi connectivity index (χ4n) is 2.81. The normalized spacial score (nSPS) is 16.5. The zero-order valence-corrected chi connectivity index (χ0v) is 12.4. The summed E-state index contributed by atoms with van der Waals surface area (Å²) in [5.41, 5.74) is 1.99. The summed E-state index contributed by atoms with van der Waals surface area (Å²) in [6, 6.07) is 8.01. The Morgan fingerprint density at radius 2 is 2.00 bits per heavy atom. The van der Waals surface area contributed by atoms with Crippen molar-refractivity contribution in [2.45, 2.75) is 6.54 Å². The van der Waals surface area contributed by atoms with Gasteiger partial charge in [0.05, 0.1) is 18.1 Å². The lowest BCUT2D eigenvalue weighted by molar-refractivity contribution is -0.400. The van der Waals surface area contributed by atoms with Gasteiger partial charge < -0.3 is 9.30 Å². The lowest BCUT2D eigenvalue weighted by Crippen LogP contribution is -2.38. The highest BCUT2D eigenvalue weighted by Gasteiger charge is 2.12. The lowest BCUT2D eigenvalue weighted by atomic mass is 10.2. The molecular weight excluding hydrogens is 282 g/mol. The number of rotatable bonds is 5. The average molecular weight is 301 g/mol. The smallest absolute Gasteiger partial charge is 0.235 e. The van der Waals surface area contributed by atoms with Gasteiger partial charge in [-0.3, -0.25) is 15.0 Å². The van der Waals surface area contributed by atoms with E-state index < -0.39 is 4.92 Å². The largest absolute Gasteiger partial charge is 0.379 e. The molecule has 0 radical (unpaired) electrons. The summed E-state index contributed by atoms with van der Waals surface area (Å²) >= 11 is 0.